The number of likely N-dealkylation sites (tertiary alicyclic amines) is 1. The summed E-state index contributed by atoms with van der Waals surface area (Å²) in [6.45, 7) is 7.85. The molecule has 2 amide bonds. The van der Waals surface area contributed by atoms with Crippen LogP contribution >= 0.6 is 0 Å². The molecule has 7 heteroatoms. The van der Waals surface area contributed by atoms with E-state index in [1.165, 1.54) is 6.42 Å². The van der Waals surface area contributed by atoms with E-state index in [4.69, 9.17) is 4.74 Å². The van der Waals surface area contributed by atoms with E-state index in [0.717, 1.165) is 58.9 Å². The predicted octanol–water partition coefficient (Wildman–Crippen LogP) is -0.575. The van der Waals surface area contributed by atoms with E-state index >= 15 is 0 Å². The molecule has 0 bridgehead atoms. The SMILES string of the molecule is O=C(CCC1CCNC1)NC1CC(=O)N(CCN2CCOCC2)C1. The molecule has 0 saturated carbocycles. The molecule has 3 aliphatic rings. The van der Waals surface area contributed by atoms with Gasteiger partial charge < -0.3 is 20.3 Å². The van der Waals surface area contributed by atoms with Crippen molar-refractivity contribution >= 4 is 11.8 Å². The van der Waals surface area contributed by atoms with Gasteiger partial charge >= 0.3 is 0 Å². The maximum absolute atomic E-state index is 12.1. The summed E-state index contributed by atoms with van der Waals surface area (Å²) in [6.07, 6.45) is 3.13. The Hall–Kier alpha value is -1.18. The van der Waals surface area contributed by atoms with Gasteiger partial charge in [0.2, 0.25) is 11.8 Å². The summed E-state index contributed by atoms with van der Waals surface area (Å²) in [7, 11) is 0. The van der Waals surface area contributed by atoms with Gasteiger partial charge in [0.25, 0.3) is 0 Å². The molecule has 0 aliphatic carbocycles. The monoisotopic (exact) mass is 338 g/mol. The van der Waals surface area contributed by atoms with Crippen molar-refractivity contribution in [1.29, 1.82) is 0 Å². The number of carbonyl (C=O) groups excluding carboxylic acids is 2. The van der Waals surface area contributed by atoms with Crippen LogP contribution in [0.2, 0.25) is 0 Å². The fourth-order valence-corrected chi connectivity index (χ4v) is 3.77. The van der Waals surface area contributed by atoms with Crippen molar-refractivity contribution in [2.24, 2.45) is 5.92 Å². The second kappa shape index (κ2) is 8.78. The average molecular weight is 338 g/mol. The second-order valence-electron chi connectivity index (χ2n) is 7.16. The first-order chi connectivity index (χ1) is 11.7. The Morgan fingerprint density at radius 1 is 1.29 bits per heavy atom. The minimum atomic E-state index is -0.0172. The molecule has 136 valence electrons. The van der Waals surface area contributed by atoms with Crippen LogP contribution in [0, 0.1) is 5.92 Å². The number of carbonyl (C=O) groups is 2. The molecule has 2 N–H and O–H groups in total. The van der Waals surface area contributed by atoms with Crippen LogP contribution < -0.4 is 10.6 Å². The van der Waals surface area contributed by atoms with Gasteiger partial charge in [-0.05, 0) is 31.8 Å². The summed E-state index contributed by atoms with van der Waals surface area (Å²) in [5.74, 6) is 0.884. The molecular formula is C17H30N4O3. The summed E-state index contributed by atoms with van der Waals surface area (Å²) in [6, 6.07) is -0.0172. The molecule has 0 aromatic rings. The van der Waals surface area contributed by atoms with Crippen molar-refractivity contribution in [2.75, 3.05) is 59.0 Å². The highest BCUT2D eigenvalue weighted by Crippen LogP contribution is 2.15. The lowest BCUT2D eigenvalue weighted by atomic mass is 10.0. The van der Waals surface area contributed by atoms with Gasteiger partial charge in [-0.2, -0.15) is 0 Å². The van der Waals surface area contributed by atoms with Gasteiger partial charge in [0.15, 0.2) is 0 Å². The van der Waals surface area contributed by atoms with Crippen molar-refractivity contribution in [3.05, 3.63) is 0 Å². The lowest BCUT2D eigenvalue weighted by Gasteiger charge is -2.28. The molecule has 0 spiro atoms. The molecule has 3 fully saturated rings. The third-order valence-electron chi connectivity index (χ3n) is 5.31. The smallest absolute Gasteiger partial charge is 0.224 e. The first kappa shape index (κ1) is 17.6. The number of hydrogen-bond acceptors (Lipinski definition) is 5. The van der Waals surface area contributed by atoms with Crippen LogP contribution in [-0.2, 0) is 14.3 Å². The van der Waals surface area contributed by atoms with Crippen molar-refractivity contribution < 1.29 is 14.3 Å². The maximum Gasteiger partial charge on any atom is 0.224 e. The largest absolute Gasteiger partial charge is 0.379 e. The van der Waals surface area contributed by atoms with Gasteiger partial charge in [-0.1, -0.05) is 0 Å². The van der Waals surface area contributed by atoms with Crippen LogP contribution in [-0.4, -0.2) is 86.7 Å². The number of rotatable bonds is 7. The summed E-state index contributed by atoms with van der Waals surface area (Å²) in [5.41, 5.74) is 0. The molecule has 24 heavy (non-hydrogen) atoms. The zero-order valence-electron chi connectivity index (χ0n) is 14.5. The zero-order chi connectivity index (χ0) is 16.8. The minimum Gasteiger partial charge on any atom is -0.379 e. The third kappa shape index (κ3) is 5.16. The number of hydrogen-bond donors (Lipinski definition) is 2. The molecule has 3 rings (SSSR count). The molecule has 0 radical (unpaired) electrons. The average Bonchev–Trinajstić information content (AvgIpc) is 3.22. The van der Waals surface area contributed by atoms with Gasteiger partial charge in [0.1, 0.15) is 0 Å². The standard InChI is InChI=1S/C17H30N4O3/c22-16(2-1-14-3-4-18-12-14)19-15-11-17(23)21(13-15)6-5-20-7-9-24-10-8-20/h14-15,18H,1-13H2,(H,19,22). The van der Waals surface area contributed by atoms with Gasteiger partial charge in [-0.15, -0.1) is 0 Å². The van der Waals surface area contributed by atoms with Crippen molar-refractivity contribution in [1.82, 2.24) is 20.4 Å². The molecular weight excluding hydrogens is 308 g/mol. The number of amides is 2. The maximum atomic E-state index is 12.1. The Balaban J connectivity index is 1.33. The van der Waals surface area contributed by atoms with Crippen LogP contribution in [0.3, 0.4) is 0 Å². The molecule has 3 aliphatic heterocycles. The molecule has 7 nitrogen and oxygen atoms in total. The molecule has 3 saturated heterocycles. The Bertz CT molecular complexity index is 434. The lowest BCUT2D eigenvalue weighted by Crippen LogP contribution is -2.42. The molecule has 0 aromatic heterocycles. The molecule has 2 atom stereocenters. The van der Waals surface area contributed by atoms with E-state index in [2.05, 4.69) is 15.5 Å². The van der Waals surface area contributed by atoms with E-state index in [9.17, 15) is 9.59 Å². The van der Waals surface area contributed by atoms with Crippen LogP contribution in [0.4, 0.5) is 0 Å². The predicted molar refractivity (Wildman–Crippen MR) is 90.6 cm³/mol. The van der Waals surface area contributed by atoms with Gasteiger partial charge in [0, 0.05) is 45.6 Å². The quantitative estimate of drug-likeness (QED) is 0.650. The van der Waals surface area contributed by atoms with Crippen LogP contribution in [0.25, 0.3) is 0 Å². The van der Waals surface area contributed by atoms with Crippen molar-refractivity contribution in [3.63, 3.8) is 0 Å². The fraction of sp³-hybridized carbons (Fsp3) is 0.882. The number of nitrogens with zero attached hydrogens (tertiary/aromatic N) is 2. The van der Waals surface area contributed by atoms with Crippen molar-refractivity contribution in [3.8, 4) is 0 Å². The van der Waals surface area contributed by atoms with E-state index in [0.29, 0.717) is 25.3 Å². The highest BCUT2D eigenvalue weighted by molar-refractivity contribution is 5.82. The first-order valence-electron chi connectivity index (χ1n) is 9.28. The second-order valence-corrected chi connectivity index (χ2v) is 7.16. The summed E-state index contributed by atoms with van der Waals surface area (Å²) in [4.78, 5) is 28.4. The highest BCUT2D eigenvalue weighted by atomic mass is 16.5. The Labute approximate surface area is 144 Å². The van der Waals surface area contributed by atoms with E-state index in [1.807, 2.05) is 4.90 Å². The van der Waals surface area contributed by atoms with E-state index in [1.54, 1.807) is 0 Å². The van der Waals surface area contributed by atoms with Gasteiger partial charge in [-0.3, -0.25) is 14.5 Å². The van der Waals surface area contributed by atoms with E-state index in [-0.39, 0.29) is 17.9 Å². The van der Waals surface area contributed by atoms with Gasteiger partial charge in [-0.25, -0.2) is 0 Å². The van der Waals surface area contributed by atoms with Crippen molar-refractivity contribution in [2.45, 2.75) is 31.7 Å². The summed E-state index contributed by atoms with van der Waals surface area (Å²) in [5, 5.41) is 6.37. The number of ether oxygens (including phenoxy) is 1. The number of morpholine rings is 1. The van der Waals surface area contributed by atoms with Crippen LogP contribution in [0.5, 0.6) is 0 Å². The molecule has 3 heterocycles. The normalized spacial score (nSPS) is 28.5. The topological polar surface area (TPSA) is 73.9 Å². The fourth-order valence-electron chi connectivity index (χ4n) is 3.77. The lowest BCUT2D eigenvalue weighted by molar-refractivity contribution is -0.128. The summed E-state index contributed by atoms with van der Waals surface area (Å²) >= 11 is 0. The first-order valence-corrected chi connectivity index (χ1v) is 9.28. The minimum absolute atomic E-state index is 0.0172. The zero-order valence-corrected chi connectivity index (χ0v) is 14.5. The highest BCUT2D eigenvalue weighted by Gasteiger charge is 2.30. The molecule has 2 unspecified atom stereocenters. The number of nitrogens with one attached hydrogen (secondary N) is 2. The van der Waals surface area contributed by atoms with E-state index < -0.39 is 0 Å². The Morgan fingerprint density at radius 2 is 2.12 bits per heavy atom. The van der Waals surface area contributed by atoms with Crippen LogP contribution in [0.1, 0.15) is 25.7 Å². The summed E-state index contributed by atoms with van der Waals surface area (Å²) < 4.78 is 5.34. The van der Waals surface area contributed by atoms with Gasteiger partial charge in [0.05, 0.1) is 19.3 Å². The Morgan fingerprint density at radius 3 is 2.88 bits per heavy atom. The third-order valence-corrected chi connectivity index (χ3v) is 5.31. The molecule has 0 aromatic carbocycles. The Kier molecular flexibility index (Phi) is 6.45. The van der Waals surface area contributed by atoms with Crippen LogP contribution in [0.15, 0.2) is 0 Å².